The lowest BCUT2D eigenvalue weighted by Gasteiger charge is -2.22. The lowest BCUT2D eigenvalue weighted by molar-refractivity contribution is -0.129. The molecule has 6 heteroatoms. The highest BCUT2D eigenvalue weighted by Gasteiger charge is 2.35. The summed E-state index contributed by atoms with van der Waals surface area (Å²) >= 11 is 6.00. The Morgan fingerprint density at radius 2 is 2.33 bits per heavy atom. The minimum Gasteiger partial charge on any atom is -0.337 e. The number of rotatable bonds is 4. The van der Waals surface area contributed by atoms with Gasteiger partial charge in [0.2, 0.25) is 11.8 Å². The van der Waals surface area contributed by atoms with Gasteiger partial charge in [-0.2, -0.15) is 4.98 Å². The molecule has 1 aliphatic heterocycles. The molecule has 21 heavy (non-hydrogen) atoms. The van der Waals surface area contributed by atoms with Crippen molar-refractivity contribution in [3.05, 3.63) is 46.6 Å². The predicted molar refractivity (Wildman–Crippen MR) is 77.7 cm³/mol. The molecule has 1 fully saturated rings. The molecule has 1 aromatic carbocycles. The maximum absolute atomic E-state index is 12.1. The van der Waals surface area contributed by atoms with Gasteiger partial charge in [-0.05, 0) is 24.1 Å². The number of hydrogen-bond donors (Lipinski definition) is 0. The number of aromatic nitrogens is 2. The van der Waals surface area contributed by atoms with Crippen LogP contribution in [0, 0.1) is 0 Å². The third-order valence-electron chi connectivity index (χ3n) is 3.66. The minimum absolute atomic E-state index is 0.108. The molecule has 1 aliphatic rings. The van der Waals surface area contributed by atoms with E-state index in [0.717, 1.165) is 12.0 Å². The monoisotopic (exact) mass is 305 g/mol. The van der Waals surface area contributed by atoms with Gasteiger partial charge in [0.15, 0.2) is 5.82 Å². The smallest absolute Gasteiger partial charge is 0.249 e. The average molecular weight is 306 g/mol. The number of benzene rings is 1. The predicted octanol–water partition coefficient (Wildman–Crippen LogP) is 3.15. The van der Waals surface area contributed by atoms with Crippen LogP contribution in [0.4, 0.5) is 0 Å². The third-order valence-corrected chi connectivity index (χ3v) is 3.89. The Balaban J connectivity index is 1.82. The zero-order valence-electron chi connectivity index (χ0n) is 11.8. The molecule has 0 saturated carbocycles. The van der Waals surface area contributed by atoms with Crippen LogP contribution in [0.3, 0.4) is 0 Å². The summed E-state index contributed by atoms with van der Waals surface area (Å²) < 4.78 is 5.30. The van der Waals surface area contributed by atoms with Crippen LogP contribution in [0.15, 0.2) is 28.8 Å². The summed E-state index contributed by atoms with van der Waals surface area (Å²) in [5.41, 5.74) is 0.998. The first-order valence-electron chi connectivity index (χ1n) is 7.03. The maximum atomic E-state index is 12.1. The molecule has 1 aromatic heterocycles. The van der Waals surface area contributed by atoms with Gasteiger partial charge < -0.3 is 9.42 Å². The summed E-state index contributed by atoms with van der Waals surface area (Å²) in [5, 5.41) is 4.58. The van der Waals surface area contributed by atoms with Crippen LogP contribution in [0.25, 0.3) is 0 Å². The molecule has 3 rings (SSSR count). The van der Waals surface area contributed by atoms with Gasteiger partial charge >= 0.3 is 0 Å². The molecule has 110 valence electrons. The largest absolute Gasteiger partial charge is 0.337 e. The molecule has 1 atom stereocenters. The number of halogens is 1. The van der Waals surface area contributed by atoms with Crippen molar-refractivity contribution in [3.8, 4) is 0 Å². The van der Waals surface area contributed by atoms with Gasteiger partial charge in [-0.25, -0.2) is 0 Å². The molecular formula is C15H16ClN3O2. The summed E-state index contributed by atoms with van der Waals surface area (Å²) in [4.78, 5) is 18.3. The standard InChI is InChI=1S/C15H16ClN3O2/c1-2-13-17-15(21-18-13)12-6-7-14(20)19(12)9-10-4-3-5-11(16)8-10/h3-5,8,12H,2,6-7,9H2,1H3. The molecule has 2 aromatic rings. The van der Waals surface area contributed by atoms with Gasteiger partial charge in [0.25, 0.3) is 0 Å². The molecule has 0 aliphatic carbocycles. The van der Waals surface area contributed by atoms with E-state index in [9.17, 15) is 4.79 Å². The van der Waals surface area contributed by atoms with Gasteiger partial charge in [0.1, 0.15) is 6.04 Å². The number of nitrogens with zero attached hydrogens (tertiary/aromatic N) is 3. The van der Waals surface area contributed by atoms with Crippen LogP contribution >= 0.6 is 11.6 Å². The van der Waals surface area contributed by atoms with Crippen LogP contribution in [-0.4, -0.2) is 20.9 Å². The van der Waals surface area contributed by atoms with Crippen molar-refractivity contribution >= 4 is 17.5 Å². The van der Waals surface area contributed by atoms with Crippen LogP contribution in [0.2, 0.25) is 5.02 Å². The van der Waals surface area contributed by atoms with Crippen molar-refractivity contribution in [1.82, 2.24) is 15.0 Å². The van der Waals surface area contributed by atoms with Crippen LogP contribution in [0.1, 0.15) is 43.1 Å². The highest BCUT2D eigenvalue weighted by Crippen LogP contribution is 2.33. The van der Waals surface area contributed by atoms with Crippen molar-refractivity contribution in [2.24, 2.45) is 0 Å². The molecule has 0 spiro atoms. The van der Waals surface area contributed by atoms with Crippen LogP contribution in [0.5, 0.6) is 0 Å². The number of aryl methyl sites for hydroxylation is 1. The first-order valence-corrected chi connectivity index (χ1v) is 7.41. The minimum atomic E-state index is -0.135. The van der Waals surface area contributed by atoms with Crippen molar-refractivity contribution in [2.45, 2.75) is 38.8 Å². The Morgan fingerprint density at radius 1 is 1.48 bits per heavy atom. The van der Waals surface area contributed by atoms with E-state index < -0.39 is 0 Å². The molecule has 1 saturated heterocycles. The summed E-state index contributed by atoms with van der Waals surface area (Å²) in [5.74, 6) is 1.31. The molecule has 1 amide bonds. The summed E-state index contributed by atoms with van der Waals surface area (Å²) in [7, 11) is 0. The SMILES string of the molecule is CCc1noc(C2CCC(=O)N2Cc2cccc(Cl)c2)n1. The van der Waals surface area contributed by atoms with Gasteiger partial charge in [-0.3, -0.25) is 4.79 Å². The van der Waals surface area contributed by atoms with Gasteiger partial charge in [-0.1, -0.05) is 35.8 Å². The van der Waals surface area contributed by atoms with E-state index in [2.05, 4.69) is 10.1 Å². The fourth-order valence-corrected chi connectivity index (χ4v) is 2.78. The first kappa shape index (κ1) is 14.1. The second-order valence-electron chi connectivity index (χ2n) is 5.11. The van der Waals surface area contributed by atoms with Crippen LogP contribution < -0.4 is 0 Å². The Hall–Kier alpha value is -1.88. The highest BCUT2D eigenvalue weighted by atomic mass is 35.5. The Morgan fingerprint density at radius 3 is 3.05 bits per heavy atom. The molecule has 0 N–H and O–H groups in total. The van der Waals surface area contributed by atoms with Gasteiger partial charge in [-0.15, -0.1) is 0 Å². The number of amides is 1. The summed E-state index contributed by atoms with van der Waals surface area (Å²) in [6, 6.07) is 7.40. The van der Waals surface area contributed by atoms with E-state index in [1.807, 2.05) is 31.2 Å². The molecular weight excluding hydrogens is 290 g/mol. The van der Waals surface area contributed by atoms with E-state index in [4.69, 9.17) is 16.1 Å². The highest BCUT2D eigenvalue weighted by molar-refractivity contribution is 6.30. The second-order valence-corrected chi connectivity index (χ2v) is 5.54. The van der Waals surface area contributed by atoms with E-state index in [1.54, 1.807) is 4.90 Å². The number of likely N-dealkylation sites (tertiary alicyclic amines) is 1. The zero-order valence-corrected chi connectivity index (χ0v) is 12.5. The van der Waals surface area contributed by atoms with E-state index in [-0.39, 0.29) is 11.9 Å². The van der Waals surface area contributed by atoms with Crippen molar-refractivity contribution in [1.29, 1.82) is 0 Å². The molecule has 0 radical (unpaired) electrons. The quantitative estimate of drug-likeness (QED) is 0.870. The molecule has 5 nitrogen and oxygen atoms in total. The summed E-state index contributed by atoms with van der Waals surface area (Å²) in [6.07, 6.45) is 1.94. The average Bonchev–Trinajstić information content (AvgIpc) is 3.07. The van der Waals surface area contributed by atoms with Crippen molar-refractivity contribution in [2.75, 3.05) is 0 Å². The third kappa shape index (κ3) is 2.93. The fraction of sp³-hybridized carbons (Fsp3) is 0.400. The van der Waals surface area contributed by atoms with Crippen molar-refractivity contribution < 1.29 is 9.32 Å². The number of carbonyl (C=O) groups is 1. The lowest BCUT2D eigenvalue weighted by atomic mass is 10.2. The normalized spacial score (nSPS) is 18.5. The Labute approximate surface area is 127 Å². The number of hydrogen-bond acceptors (Lipinski definition) is 4. The fourth-order valence-electron chi connectivity index (χ4n) is 2.57. The Kier molecular flexibility index (Phi) is 3.92. The summed E-state index contributed by atoms with van der Waals surface area (Å²) in [6.45, 7) is 2.48. The van der Waals surface area contributed by atoms with Crippen molar-refractivity contribution in [3.63, 3.8) is 0 Å². The number of carbonyl (C=O) groups excluding carboxylic acids is 1. The topological polar surface area (TPSA) is 59.2 Å². The van der Waals surface area contributed by atoms with Crippen LogP contribution in [-0.2, 0) is 17.8 Å². The first-order chi connectivity index (χ1) is 10.2. The van der Waals surface area contributed by atoms with E-state index >= 15 is 0 Å². The molecule has 2 heterocycles. The molecule has 1 unspecified atom stereocenters. The maximum Gasteiger partial charge on any atom is 0.249 e. The van der Waals surface area contributed by atoms with E-state index in [0.29, 0.717) is 36.1 Å². The second kappa shape index (κ2) is 5.85. The van der Waals surface area contributed by atoms with E-state index in [1.165, 1.54) is 0 Å². The van der Waals surface area contributed by atoms with Gasteiger partial charge in [0.05, 0.1) is 0 Å². The van der Waals surface area contributed by atoms with Gasteiger partial charge in [0, 0.05) is 24.4 Å². The Bertz CT molecular complexity index is 656. The lowest BCUT2D eigenvalue weighted by Crippen LogP contribution is -2.27. The zero-order chi connectivity index (χ0) is 14.8. The molecule has 0 bridgehead atoms.